The van der Waals surface area contributed by atoms with Gasteiger partial charge < -0.3 is 25.0 Å². The van der Waals surface area contributed by atoms with Crippen molar-refractivity contribution >= 4 is 11.8 Å². The zero-order valence-corrected chi connectivity index (χ0v) is 18.6. The number of benzene rings is 2. The van der Waals surface area contributed by atoms with Gasteiger partial charge in [-0.2, -0.15) is 4.98 Å². The summed E-state index contributed by atoms with van der Waals surface area (Å²) >= 11 is 0. The molecule has 0 spiro atoms. The molecule has 2 N–H and O–H groups in total. The molecule has 3 aromatic rings. The molecule has 0 aliphatic heterocycles. The highest BCUT2D eigenvalue weighted by Gasteiger charge is 2.31. The molecule has 0 aliphatic rings. The van der Waals surface area contributed by atoms with E-state index in [0.29, 0.717) is 36.1 Å². The maximum absolute atomic E-state index is 12.6. The number of aromatic nitrogens is 2. The van der Waals surface area contributed by atoms with E-state index in [1.165, 1.54) is 18.2 Å². The third-order valence-corrected chi connectivity index (χ3v) is 4.54. The maximum Gasteiger partial charge on any atom is 0.573 e. The van der Waals surface area contributed by atoms with Gasteiger partial charge in [-0.25, -0.2) is 4.98 Å². The molecule has 0 unspecified atom stereocenters. The number of hydrogen-bond acceptors (Lipinski definition) is 7. The normalized spacial score (nSPS) is 11.4. The Morgan fingerprint density at radius 1 is 0.939 bits per heavy atom. The van der Waals surface area contributed by atoms with Crippen LogP contribution in [0.1, 0.15) is 5.56 Å². The predicted molar refractivity (Wildman–Crippen MR) is 122 cm³/mol. The molecule has 0 aliphatic carbocycles. The minimum absolute atomic E-state index is 0.313. The fourth-order valence-electron chi connectivity index (χ4n) is 2.98. The first-order valence-electron chi connectivity index (χ1n) is 10.2. The molecular weight excluding hydrogens is 435 g/mol. The van der Waals surface area contributed by atoms with E-state index >= 15 is 0 Å². The van der Waals surface area contributed by atoms with E-state index in [4.69, 9.17) is 4.74 Å². The number of ether oxygens (including phenoxy) is 2. The lowest BCUT2D eigenvalue weighted by Crippen LogP contribution is -2.21. The van der Waals surface area contributed by atoms with Crippen LogP contribution < -0.4 is 20.1 Å². The third kappa shape index (κ3) is 7.83. The van der Waals surface area contributed by atoms with Gasteiger partial charge in [0.05, 0.1) is 12.8 Å². The Kier molecular flexibility index (Phi) is 7.94. The first-order valence-corrected chi connectivity index (χ1v) is 10.2. The van der Waals surface area contributed by atoms with Gasteiger partial charge in [0.2, 0.25) is 5.95 Å². The van der Waals surface area contributed by atoms with Crippen molar-refractivity contribution in [3.8, 4) is 22.8 Å². The molecule has 3 rings (SSSR count). The Morgan fingerprint density at radius 2 is 1.70 bits per heavy atom. The van der Waals surface area contributed by atoms with E-state index in [-0.39, 0.29) is 5.75 Å². The highest BCUT2D eigenvalue weighted by Crippen LogP contribution is 2.28. The molecule has 33 heavy (non-hydrogen) atoms. The first-order chi connectivity index (χ1) is 15.7. The predicted octanol–water partition coefficient (Wildman–Crippen LogP) is 4.64. The van der Waals surface area contributed by atoms with Crippen molar-refractivity contribution in [1.29, 1.82) is 0 Å². The largest absolute Gasteiger partial charge is 0.573 e. The van der Waals surface area contributed by atoms with Crippen molar-refractivity contribution in [3.05, 3.63) is 60.2 Å². The quantitative estimate of drug-likeness (QED) is 0.456. The van der Waals surface area contributed by atoms with Crippen LogP contribution >= 0.6 is 0 Å². The van der Waals surface area contributed by atoms with Gasteiger partial charge in [0, 0.05) is 31.3 Å². The van der Waals surface area contributed by atoms with Gasteiger partial charge in [-0.15, -0.1) is 13.2 Å². The number of rotatable bonds is 10. The lowest BCUT2D eigenvalue weighted by molar-refractivity contribution is -0.274. The zero-order chi connectivity index (χ0) is 23.8. The molecule has 1 heterocycles. The number of likely N-dealkylation sites (N-methyl/N-ethyl adjacent to an activating group) is 1. The third-order valence-electron chi connectivity index (χ3n) is 4.54. The Bertz CT molecular complexity index is 1060. The van der Waals surface area contributed by atoms with Crippen molar-refractivity contribution < 1.29 is 22.6 Å². The fraction of sp³-hybridized carbons (Fsp3) is 0.304. The number of nitrogens with one attached hydrogen (secondary N) is 2. The second kappa shape index (κ2) is 10.9. The standard InChI is InChI=1S/C23H26F3N5O2/c1-31(2)11-10-27-22-29-20(17-7-5-9-19(13-17)33-23(24,25)26)14-21(30-22)28-15-16-6-4-8-18(12-16)32-3/h4-9,12-14H,10-11,15H2,1-3H3,(H2,27,28,29,30). The van der Waals surface area contributed by atoms with Crippen molar-refractivity contribution in [3.63, 3.8) is 0 Å². The fourth-order valence-corrected chi connectivity index (χ4v) is 2.98. The molecule has 176 valence electrons. The summed E-state index contributed by atoms with van der Waals surface area (Å²) in [4.78, 5) is 11.0. The summed E-state index contributed by atoms with van der Waals surface area (Å²) in [6, 6.07) is 15.0. The number of halogens is 3. The summed E-state index contributed by atoms with van der Waals surface area (Å²) in [6.07, 6.45) is -4.77. The average Bonchev–Trinajstić information content (AvgIpc) is 2.76. The van der Waals surface area contributed by atoms with E-state index in [1.54, 1.807) is 19.2 Å². The van der Waals surface area contributed by atoms with Crippen molar-refractivity contribution in [1.82, 2.24) is 14.9 Å². The Morgan fingerprint density at radius 3 is 2.42 bits per heavy atom. The molecule has 0 fully saturated rings. The number of methoxy groups -OCH3 is 1. The van der Waals surface area contributed by atoms with Gasteiger partial charge >= 0.3 is 6.36 Å². The minimum atomic E-state index is -4.77. The smallest absolute Gasteiger partial charge is 0.497 e. The molecule has 0 radical (unpaired) electrons. The SMILES string of the molecule is COc1cccc(CNc2cc(-c3cccc(OC(F)(F)F)c3)nc(NCCN(C)C)n2)c1. The van der Waals surface area contributed by atoms with Crippen molar-refractivity contribution in [2.24, 2.45) is 0 Å². The monoisotopic (exact) mass is 461 g/mol. The highest BCUT2D eigenvalue weighted by atomic mass is 19.4. The van der Waals surface area contributed by atoms with E-state index < -0.39 is 6.36 Å². The Hall–Kier alpha value is -3.53. The van der Waals surface area contributed by atoms with Crippen LogP contribution in [0.3, 0.4) is 0 Å². The molecule has 0 saturated carbocycles. The molecule has 0 atom stereocenters. The topological polar surface area (TPSA) is 71.5 Å². The highest BCUT2D eigenvalue weighted by molar-refractivity contribution is 5.66. The van der Waals surface area contributed by atoms with Gasteiger partial charge in [0.1, 0.15) is 17.3 Å². The molecule has 0 bridgehead atoms. The molecule has 10 heteroatoms. The lowest BCUT2D eigenvalue weighted by atomic mass is 10.1. The number of alkyl halides is 3. The summed E-state index contributed by atoms with van der Waals surface area (Å²) in [5.41, 5.74) is 1.91. The van der Waals surface area contributed by atoms with Gasteiger partial charge in [-0.05, 0) is 43.9 Å². The summed E-state index contributed by atoms with van der Waals surface area (Å²) in [5.74, 6) is 1.32. The Labute approximate surface area is 190 Å². The Balaban J connectivity index is 1.86. The zero-order valence-electron chi connectivity index (χ0n) is 18.6. The second-order valence-electron chi connectivity index (χ2n) is 7.47. The van der Waals surface area contributed by atoms with Crippen LogP contribution in [-0.2, 0) is 6.54 Å². The number of anilines is 2. The van der Waals surface area contributed by atoms with Crippen LogP contribution in [0.5, 0.6) is 11.5 Å². The van der Waals surface area contributed by atoms with Gasteiger partial charge in [0.25, 0.3) is 0 Å². The van der Waals surface area contributed by atoms with Crippen LogP contribution in [0.25, 0.3) is 11.3 Å². The molecular formula is C23H26F3N5O2. The summed E-state index contributed by atoms with van der Waals surface area (Å²) in [6.45, 7) is 1.83. The van der Waals surface area contributed by atoms with Crippen molar-refractivity contribution in [2.45, 2.75) is 12.9 Å². The minimum Gasteiger partial charge on any atom is -0.497 e. The van der Waals surface area contributed by atoms with E-state index in [1.807, 2.05) is 43.3 Å². The van der Waals surface area contributed by atoms with E-state index in [2.05, 4.69) is 25.3 Å². The van der Waals surface area contributed by atoms with E-state index in [9.17, 15) is 13.2 Å². The van der Waals surface area contributed by atoms with Crippen LogP contribution in [0.2, 0.25) is 0 Å². The molecule has 1 aromatic heterocycles. The molecule has 0 amide bonds. The van der Waals surface area contributed by atoms with Crippen LogP contribution in [0.15, 0.2) is 54.6 Å². The summed E-state index contributed by atoms with van der Waals surface area (Å²) in [7, 11) is 5.50. The van der Waals surface area contributed by atoms with Gasteiger partial charge in [0.15, 0.2) is 0 Å². The van der Waals surface area contributed by atoms with Crippen LogP contribution in [0.4, 0.5) is 24.9 Å². The van der Waals surface area contributed by atoms with Crippen LogP contribution in [-0.4, -0.2) is 55.5 Å². The summed E-state index contributed by atoms with van der Waals surface area (Å²) in [5, 5.41) is 6.41. The van der Waals surface area contributed by atoms with Gasteiger partial charge in [-0.1, -0.05) is 24.3 Å². The van der Waals surface area contributed by atoms with Crippen molar-refractivity contribution in [2.75, 3.05) is 44.9 Å². The lowest BCUT2D eigenvalue weighted by Gasteiger charge is -2.14. The second-order valence-corrected chi connectivity index (χ2v) is 7.47. The molecule has 7 nitrogen and oxygen atoms in total. The molecule has 2 aromatic carbocycles. The summed E-state index contributed by atoms with van der Waals surface area (Å²) < 4.78 is 47.2. The first kappa shape index (κ1) is 24.1. The molecule has 0 saturated heterocycles. The number of hydrogen-bond donors (Lipinski definition) is 2. The maximum atomic E-state index is 12.6. The average molecular weight is 461 g/mol. The van der Waals surface area contributed by atoms with Crippen LogP contribution in [0, 0.1) is 0 Å². The van der Waals surface area contributed by atoms with E-state index in [0.717, 1.165) is 17.9 Å². The number of nitrogens with zero attached hydrogens (tertiary/aromatic N) is 3. The van der Waals surface area contributed by atoms with Gasteiger partial charge in [-0.3, -0.25) is 0 Å².